The van der Waals surface area contributed by atoms with E-state index in [1.54, 1.807) is 0 Å². The van der Waals surface area contributed by atoms with Gasteiger partial charge in [0.25, 0.3) is 5.91 Å². The number of nitrogens with two attached hydrogens (primary N) is 1. The van der Waals surface area contributed by atoms with E-state index in [0.29, 0.717) is 12.5 Å². The Labute approximate surface area is 174 Å². The third-order valence-corrected chi connectivity index (χ3v) is 5.58. The number of rotatable bonds is 8. The van der Waals surface area contributed by atoms with Crippen LogP contribution in [0.25, 0.3) is 0 Å². The minimum Gasteiger partial charge on any atom is -0.378 e. The number of carbonyl (C=O) groups is 1. The monoisotopic (exact) mass is 396 g/mol. The highest BCUT2D eigenvalue weighted by molar-refractivity contribution is 5.91. The fraction of sp³-hybridized carbons (Fsp3) is 0.458. The highest BCUT2D eigenvalue weighted by Crippen LogP contribution is 2.20. The molecule has 5 nitrogen and oxygen atoms in total. The molecule has 29 heavy (non-hydrogen) atoms. The first-order valence-electron chi connectivity index (χ1n) is 10.7. The highest BCUT2D eigenvalue weighted by Gasteiger charge is 2.20. The summed E-state index contributed by atoms with van der Waals surface area (Å²) in [5.41, 5.74) is 4.64. The van der Waals surface area contributed by atoms with Crippen LogP contribution in [-0.2, 0) is 16.0 Å². The van der Waals surface area contributed by atoms with Crippen LogP contribution in [0, 0.1) is 5.92 Å². The molecule has 2 aromatic carbocycles. The van der Waals surface area contributed by atoms with E-state index in [4.69, 9.17) is 4.74 Å². The Morgan fingerprint density at radius 2 is 1.72 bits per heavy atom. The summed E-state index contributed by atoms with van der Waals surface area (Å²) in [6.45, 7) is 10.4. The average molecular weight is 397 g/mol. The van der Waals surface area contributed by atoms with E-state index in [0.717, 1.165) is 38.4 Å². The van der Waals surface area contributed by atoms with Crippen molar-refractivity contribution in [3.8, 4) is 0 Å². The lowest BCUT2D eigenvalue weighted by molar-refractivity contribution is -0.692. The van der Waals surface area contributed by atoms with Crippen LogP contribution in [0.15, 0.2) is 48.5 Å². The zero-order chi connectivity index (χ0) is 20.6. The van der Waals surface area contributed by atoms with Gasteiger partial charge in [-0.2, -0.15) is 0 Å². The van der Waals surface area contributed by atoms with Crippen LogP contribution in [0.5, 0.6) is 0 Å². The maximum atomic E-state index is 12.5. The Morgan fingerprint density at radius 1 is 1.07 bits per heavy atom. The largest absolute Gasteiger partial charge is 0.378 e. The molecule has 0 spiro atoms. The van der Waals surface area contributed by atoms with E-state index >= 15 is 0 Å². The third-order valence-electron chi connectivity index (χ3n) is 5.58. The van der Waals surface area contributed by atoms with Crippen LogP contribution < -0.4 is 15.5 Å². The van der Waals surface area contributed by atoms with E-state index < -0.39 is 0 Å². The van der Waals surface area contributed by atoms with Gasteiger partial charge >= 0.3 is 0 Å². The van der Waals surface area contributed by atoms with E-state index in [1.165, 1.54) is 16.8 Å². The van der Waals surface area contributed by atoms with E-state index in [9.17, 15) is 4.79 Å². The standard InChI is InChI=1S/C24H33N3O2/c1-4-19-5-7-20(8-6-19)24(18(2)3)25-17-23(28)26-21-9-11-22(12-10-21)27-13-15-29-16-14-27/h5-12,18,24-25H,4,13-17H2,1-3H3,(H,26,28)/p+1/t24-/m0/s1. The Morgan fingerprint density at radius 3 is 2.31 bits per heavy atom. The summed E-state index contributed by atoms with van der Waals surface area (Å²) in [5, 5.41) is 5.16. The van der Waals surface area contributed by atoms with Gasteiger partial charge in [-0.15, -0.1) is 0 Å². The first kappa shape index (κ1) is 21.3. The molecule has 1 heterocycles. The number of amides is 1. The lowest BCUT2D eigenvalue weighted by Crippen LogP contribution is -2.88. The van der Waals surface area contributed by atoms with Gasteiger partial charge in [0, 0.05) is 35.9 Å². The second-order valence-electron chi connectivity index (χ2n) is 8.00. The van der Waals surface area contributed by atoms with Crippen molar-refractivity contribution in [2.75, 3.05) is 43.1 Å². The van der Waals surface area contributed by atoms with Gasteiger partial charge in [-0.3, -0.25) is 4.79 Å². The summed E-state index contributed by atoms with van der Waals surface area (Å²) in [7, 11) is 0. The van der Waals surface area contributed by atoms with E-state index in [2.05, 4.69) is 72.7 Å². The molecule has 156 valence electrons. The van der Waals surface area contributed by atoms with Crippen molar-refractivity contribution in [3.63, 3.8) is 0 Å². The molecule has 1 saturated heterocycles. The number of hydrogen-bond acceptors (Lipinski definition) is 3. The number of morpholine rings is 1. The Bertz CT molecular complexity index is 766. The lowest BCUT2D eigenvalue weighted by atomic mass is 9.95. The minimum atomic E-state index is 0.0277. The van der Waals surface area contributed by atoms with Gasteiger partial charge in [0.1, 0.15) is 6.04 Å². The van der Waals surface area contributed by atoms with Crippen molar-refractivity contribution in [2.24, 2.45) is 5.92 Å². The predicted octanol–water partition coefficient (Wildman–Crippen LogP) is 2.98. The molecule has 1 amide bonds. The molecule has 0 unspecified atom stereocenters. The molecule has 0 saturated carbocycles. The number of anilines is 2. The zero-order valence-electron chi connectivity index (χ0n) is 17.9. The normalized spacial score (nSPS) is 15.4. The van der Waals surface area contributed by atoms with Crippen LogP contribution in [0.1, 0.15) is 37.9 Å². The Kier molecular flexibility index (Phi) is 7.67. The van der Waals surface area contributed by atoms with Gasteiger partial charge in [0.15, 0.2) is 6.54 Å². The van der Waals surface area contributed by atoms with Crippen molar-refractivity contribution in [1.29, 1.82) is 0 Å². The van der Waals surface area contributed by atoms with Crippen molar-refractivity contribution in [3.05, 3.63) is 59.7 Å². The molecule has 3 rings (SSSR count). The quantitative estimate of drug-likeness (QED) is 0.721. The van der Waals surface area contributed by atoms with Gasteiger partial charge in [-0.25, -0.2) is 0 Å². The molecule has 0 bridgehead atoms. The molecule has 1 aliphatic heterocycles. The molecular weight excluding hydrogens is 362 g/mol. The molecule has 1 aliphatic rings. The number of benzene rings is 2. The van der Waals surface area contributed by atoms with Gasteiger partial charge in [-0.05, 0) is 36.2 Å². The zero-order valence-corrected chi connectivity index (χ0v) is 17.9. The van der Waals surface area contributed by atoms with Gasteiger partial charge in [-0.1, -0.05) is 45.0 Å². The number of aryl methyl sites for hydroxylation is 1. The number of hydrogen-bond donors (Lipinski definition) is 2. The summed E-state index contributed by atoms with van der Waals surface area (Å²) < 4.78 is 5.40. The summed E-state index contributed by atoms with van der Waals surface area (Å²) in [5.74, 6) is 0.475. The summed E-state index contributed by atoms with van der Waals surface area (Å²) in [6.07, 6.45) is 1.04. The Balaban J connectivity index is 1.53. The fourth-order valence-electron chi connectivity index (χ4n) is 3.79. The predicted molar refractivity (Wildman–Crippen MR) is 118 cm³/mol. The maximum Gasteiger partial charge on any atom is 0.279 e. The molecular formula is C24H34N3O2+. The SMILES string of the molecule is CCc1ccc([C@@H]([NH2+]CC(=O)Nc2ccc(N3CCOCC3)cc2)C(C)C)cc1. The topological polar surface area (TPSA) is 58.2 Å². The van der Waals surface area contributed by atoms with Crippen LogP contribution >= 0.6 is 0 Å². The molecule has 0 aromatic heterocycles. The fourth-order valence-corrected chi connectivity index (χ4v) is 3.79. The number of ether oxygens (including phenoxy) is 1. The first-order chi connectivity index (χ1) is 14.1. The number of nitrogens with zero attached hydrogens (tertiary/aromatic N) is 1. The molecule has 3 N–H and O–H groups in total. The molecule has 1 atom stereocenters. The Hall–Kier alpha value is -2.37. The average Bonchev–Trinajstić information content (AvgIpc) is 2.75. The van der Waals surface area contributed by atoms with Crippen molar-refractivity contribution < 1.29 is 14.8 Å². The van der Waals surface area contributed by atoms with Crippen molar-refractivity contribution in [2.45, 2.75) is 33.2 Å². The lowest BCUT2D eigenvalue weighted by Gasteiger charge is -2.28. The molecule has 5 heteroatoms. The second-order valence-corrected chi connectivity index (χ2v) is 8.00. The second kappa shape index (κ2) is 10.4. The van der Waals surface area contributed by atoms with Crippen molar-refractivity contribution >= 4 is 17.3 Å². The molecule has 2 aromatic rings. The van der Waals surface area contributed by atoms with Crippen LogP contribution in [0.4, 0.5) is 11.4 Å². The number of carbonyl (C=O) groups excluding carboxylic acids is 1. The van der Waals surface area contributed by atoms with Crippen LogP contribution in [0.2, 0.25) is 0 Å². The number of quaternary nitrogens is 1. The maximum absolute atomic E-state index is 12.5. The summed E-state index contributed by atoms with van der Waals surface area (Å²) in [6, 6.07) is 17.1. The molecule has 1 fully saturated rings. The summed E-state index contributed by atoms with van der Waals surface area (Å²) in [4.78, 5) is 14.8. The minimum absolute atomic E-state index is 0.0277. The highest BCUT2D eigenvalue weighted by atomic mass is 16.5. The van der Waals surface area contributed by atoms with Gasteiger partial charge in [0.2, 0.25) is 0 Å². The first-order valence-corrected chi connectivity index (χ1v) is 10.7. The van der Waals surface area contributed by atoms with Crippen molar-refractivity contribution in [1.82, 2.24) is 0 Å². The smallest absolute Gasteiger partial charge is 0.279 e. The van der Waals surface area contributed by atoms with Gasteiger partial charge in [0.05, 0.1) is 13.2 Å². The van der Waals surface area contributed by atoms with Gasteiger partial charge < -0.3 is 20.3 Å². The van der Waals surface area contributed by atoms with E-state index in [1.807, 2.05) is 12.1 Å². The number of nitrogens with one attached hydrogen (secondary N) is 1. The van der Waals surface area contributed by atoms with E-state index in [-0.39, 0.29) is 11.9 Å². The van der Waals surface area contributed by atoms with Crippen LogP contribution in [-0.4, -0.2) is 38.8 Å². The molecule has 0 aliphatic carbocycles. The molecule has 0 radical (unpaired) electrons. The summed E-state index contributed by atoms with van der Waals surface area (Å²) >= 11 is 0. The van der Waals surface area contributed by atoms with Crippen LogP contribution in [0.3, 0.4) is 0 Å². The third kappa shape index (κ3) is 6.05.